The average Bonchev–Trinajstić information content (AvgIpc) is 2.16. The zero-order valence-corrected chi connectivity index (χ0v) is 9.06. The van der Waals surface area contributed by atoms with Gasteiger partial charge < -0.3 is 0 Å². The van der Waals surface area contributed by atoms with Gasteiger partial charge in [-0.15, -0.1) is 4.83 Å². The molecular formula is C9H14N2O2S. The van der Waals surface area contributed by atoms with Crippen molar-refractivity contribution in [1.82, 2.24) is 10.3 Å². The summed E-state index contributed by atoms with van der Waals surface area (Å²) in [7, 11) is -3.40. The molecular weight excluding hydrogens is 200 g/mol. The summed E-state index contributed by atoms with van der Waals surface area (Å²) in [4.78, 5) is 2.53. The first-order valence-electron chi connectivity index (χ1n) is 4.37. The molecule has 1 rings (SSSR count). The van der Waals surface area contributed by atoms with Crippen molar-refractivity contribution >= 4 is 10.0 Å². The minimum Gasteiger partial charge on any atom is -0.244 e. The second-order valence-corrected chi connectivity index (χ2v) is 4.63. The lowest BCUT2D eigenvalue weighted by Crippen LogP contribution is -2.36. The van der Waals surface area contributed by atoms with Crippen molar-refractivity contribution in [2.75, 3.05) is 6.54 Å². The molecule has 0 unspecified atom stereocenters. The van der Waals surface area contributed by atoms with E-state index in [1.807, 2.05) is 13.8 Å². The maximum absolute atomic E-state index is 11.5. The van der Waals surface area contributed by atoms with E-state index in [1.165, 1.54) is 0 Å². The molecule has 0 aliphatic carbocycles. The molecule has 0 atom stereocenters. The first kappa shape index (κ1) is 11.2. The molecule has 0 heterocycles. The Morgan fingerprint density at radius 2 is 1.79 bits per heavy atom. The summed E-state index contributed by atoms with van der Waals surface area (Å²) < 4.78 is 23.1. The lowest BCUT2D eigenvalue weighted by atomic mass is 10.2. The van der Waals surface area contributed by atoms with E-state index in [2.05, 4.69) is 10.3 Å². The van der Waals surface area contributed by atoms with E-state index in [1.54, 1.807) is 24.3 Å². The van der Waals surface area contributed by atoms with Gasteiger partial charge in [0.15, 0.2) is 0 Å². The van der Waals surface area contributed by atoms with Crippen LogP contribution in [0, 0.1) is 6.92 Å². The van der Waals surface area contributed by atoms with Gasteiger partial charge in [0.1, 0.15) is 0 Å². The molecule has 0 spiro atoms. The van der Waals surface area contributed by atoms with Crippen LogP contribution in [0.4, 0.5) is 0 Å². The quantitative estimate of drug-likeness (QED) is 0.729. The topological polar surface area (TPSA) is 58.2 Å². The van der Waals surface area contributed by atoms with Crippen LogP contribution in [-0.2, 0) is 10.0 Å². The van der Waals surface area contributed by atoms with Crippen LogP contribution in [0.25, 0.3) is 0 Å². The van der Waals surface area contributed by atoms with Gasteiger partial charge in [0, 0.05) is 6.54 Å². The van der Waals surface area contributed by atoms with Crippen LogP contribution in [-0.4, -0.2) is 15.0 Å². The maximum atomic E-state index is 11.5. The molecule has 0 aliphatic rings. The molecule has 0 aromatic heterocycles. The molecule has 14 heavy (non-hydrogen) atoms. The SMILES string of the molecule is CCNNS(=O)(=O)c1ccc(C)cc1. The Hall–Kier alpha value is -0.910. The molecule has 5 heteroatoms. The molecule has 0 fully saturated rings. The van der Waals surface area contributed by atoms with Crippen LogP contribution in [0.3, 0.4) is 0 Å². The smallest absolute Gasteiger partial charge is 0.244 e. The predicted octanol–water partition coefficient (Wildman–Crippen LogP) is 0.798. The fraction of sp³-hybridized carbons (Fsp3) is 0.333. The van der Waals surface area contributed by atoms with E-state index < -0.39 is 10.0 Å². The molecule has 0 amide bonds. The highest BCUT2D eigenvalue weighted by Gasteiger charge is 2.11. The Morgan fingerprint density at radius 3 is 2.29 bits per heavy atom. The molecule has 78 valence electrons. The van der Waals surface area contributed by atoms with Crippen LogP contribution >= 0.6 is 0 Å². The molecule has 0 saturated carbocycles. The van der Waals surface area contributed by atoms with Crippen LogP contribution in [0.5, 0.6) is 0 Å². The van der Waals surface area contributed by atoms with Gasteiger partial charge in [-0.2, -0.15) is 0 Å². The number of aryl methyl sites for hydroxylation is 1. The Balaban J connectivity index is 2.87. The van der Waals surface area contributed by atoms with Crippen molar-refractivity contribution < 1.29 is 8.42 Å². The van der Waals surface area contributed by atoms with Crippen molar-refractivity contribution in [3.63, 3.8) is 0 Å². The predicted molar refractivity (Wildman–Crippen MR) is 55.2 cm³/mol. The summed E-state index contributed by atoms with van der Waals surface area (Å²) in [5.41, 5.74) is 3.60. The van der Waals surface area contributed by atoms with E-state index in [4.69, 9.17) is 0 Å². The number of hydrogen-bond donors (Lipinski definition) is 2. The number of sulfonamides is 1. The lowest BCUT2D eigenvalue weighted by molar-refractivity contribution is 0.561. The van der Waals surface area contributed by atoms with Crippen molar-refractivity contribution in [3.05, 3.63) is 29.8 Å². The van der Waals surface area contributed by atoms with Crippen molar-refractivity contribution in [2.24, 2.45) is 0 Å². The minimum atomic E-state index is -3.40. The van der Waals surface area contributed by atoms with Crippen LogP contribution in [0.1, 0.15) is 12.5 Å². The lowest BCUT2D eigenvalue weighted by Gasteiger charge is -2.06. The zero-order valence-electron chi connectivity index (χ0n) is 8.24. The molecule has 1 aromatic carbocycles. The maximum Gasteiger partial charge on any atom is 0.253 e. The normalized spacial score (nSPS) is 11.6. The monoisotopic (exact) mass is 214 g/mol. The summed E-state index contributed by atoms with van der Waals surface area (Å²) in [6.45, 7) is 4.27. The van der Waals surface area contributed by atoms with Gasteiger partial charge in [0.05, 0.1) is 4.90 Å². The van der Waals surface area contributed by atoms with E-state index in [0.717, 1.165) is 5.56 Å². The summed E-state index contributed by atoms with van der Waals surface area (Å²) in [5.74, 6) is 0. The first-order valence-corrected chi connectivity index (χ1v) is 5.86. The fourth-order valence-corrected chi connectivity index (χ4v) is 1.89. The van der Waals surface area contributed by atoms with Crippen LogP contribution in [0.2, 0.25) is 0 Å². The fourth-order valence-electron chi connectivity index (χ4n) is 0.944. The number of hydrazine groups is 1. The largest absolute Gasteiger partial charge is 0.253 e. The summed E-state index contributed by atoms with van der Waals surface area (Å²) in [5, 5.41) is 0. The summed E-state index contributed by atoms with van der Waals surface area (Å²) >= 11 is 0. The molecule has 0 bridgehead atoms. The van der Waals surface area contributed by atoms with E-state index in [9.17, 15) is 8.42 Å². The second kappa shape index (κ2) is 4.54. The molecule has 0 aliphatic heterocycles. The third-order valence-corrected chi connectivity index (χ3v) is 3.02. The second-order valence-electron chi connectivity index (χ2n) is 2.95. The van der Waals surface area contributed by atoms with Crippen molar-refractivity contribution in [3.8, 4) is 0 Å². The third-order valence-electron chi connectivity index (χ3n) is 1.71. The Bertz CT molecular complexity index is 384. The van der Waals surface area contributed by atoms with Gasteiger partial charge in [0.2, 0.25) is 0 Å². The van der Waals surface area contributed by atoms with E-state index in [0.29, 0.717) is 6.54 Å². The third kappa shape index (κ3) is 2.80. The van der Waals surface area contributed by atoms with E-state index >= 15 is 0 Å². The average molecular weight is 214 g/mol. The van der Waals surface area contributed by atoms with Crippen LogP contribution < -0.4 is 10.3 Å². The highest BCUT2D eigenvalue weighted by molar-refractivity contribution is 7.89. The Labute approximate surface area is 84.4 Å². The number of rotatable bonds is 4. The Morgan fingerprint density at radius 1 is 1.21 bits per heavy atom. The number of nitrogens with one attached hydrogen (secondary N) is 2. The Kier molecular flexibility index (Phi) is 3.62. The molecule has 0 radical (unpaired) electrons. The van der Waals surface area contributed by atoms with Gasteiger partial charge in [-0.05, 0) is 19.1 Å². The summed E-state index contributed by atoms with van der Waals surface area (Å²) in [6, 6.07) is 6.69. The van der Waals surface area contributed by atoms with Gasteiger partial charge in [-0.1, -0.05) is 24.6 Å². The number of hydrogen-bond acceptors (Lipinski definition) is 3. The van der Waals surface area contributed by atoms with Gasteiger partial charge in [-0.3, -0.25) is 0 Å². The summed E-state index contributed by atoms with van der Waals surface area (Å²) in [6.07, 6.45) is 0. The highest BCUT2D eigenvalue weighted by Crippen LogP contribution is 2.08. The van der Waals surface area contributed by atoms with Crippen LogP contribution in [0.15, 0.2) is 29.2 Å². The van der Waals surface area contributed by atoms with Gasteiger partial charge >= 0.3 is 0 Å². The van der Waals surface area contributed by atoms with Gasteiger partial charge in [-0.25, -0.2) is 13.8 Å². The zero-order chi connectivity index (χ0) is 10.6. The number of benzene rings is 1. The molecule has 2 N–H and O–H groups in total. The molecule has 1 aromatic rings. The minimum absolute atomic E-state index is 0.268. The van der Waals surface area contributed by atoms with E-state index in [-0.39, 0.29) is 4.90 Å². The molecule has 4 nitrogen and oxygen atoms in total. The standard InChI is InChI=1S/C9H14N2O2S/c1-3-10-11-14(12,13)9-6-4-8(2)5-7-9/h4-7,10-11H,3H2,1-2H3. The van der Waals surface area contributed by atoms with Crippen molar-refractivity contribution in [2.45, 2.75) is 18.7 Å². The highest BCUT2D eigenvalue weighted by atomic mass is 32.2. The van der Waals surface area contributed by atoms with Crippen molar-refractivity contribution in [1.29, 1.82) is 0 Å². The van der Waals surface area contributed by atoms with Gasteiger partial charge in [0.25, 0.3) is 10.0 Å². The molecule has 0 saturated heterocycles. The first-order chi connectivity index (χ1) is 6.56.